The van der Waals surface area contributed by atoms with Gasteiger partial charge < -0.3 is 38.1 Å². The lowest BCUT2D eigenvalue weighted by Crippen LogP contribution is -2.55. The van der Waals surface area contributed by atoms with E-state index in [4.69, 9.17) is 17.2 Å². The summed E-state index contributed by atoms with van der Waals surface area (Å²) >= 11 is 0. The molecule has 0 radical (unpaired) electrons. The minimum absolute atomic E-state index is 0.0658. The minimum atomic E-state index is -1.06. The largest absolute Gasteiger partial charge is 0.361 e. The lowest BCUT2D eigenvalue weighted by molar-refractivity contribution is -0.140. The fourth-order valence-electron chi connectivity index (χ4n) is 6.33. The summed E-state index contributed by atoms with van der Waals surface area (Å²) in [4.78, 5) is 79.5. The Kier molecular flexibility index (Phi) is 16.7. The minimum Gasteiger partial charge on any atom is -0.361 e. The van der Waals surface area contributed by atoms with E-state index in [-0.39, 0.29) is 36.5 Å². The van der Waals surface area contributed by atoms with Crippen LogP contribution in [0, 0.1) is 11.8 Å². The molecule has 0 unspecified atom stereocenters. The SMILES string of the molecule is CC(C)C[C@@H](CC(=O)[C@@H](Cc1ccccc1)NC(=O)[C@H](N)Cc1ccccc1)C(=O)N[C@H](CCCCN)C(=O)N1CCC(NC(=O)C(N)=O)CC1. The highest BCUT2D eigenvalue weighted by Crippen LogP contribution is 2.21. The monoisotopic (exact) mass is 705 g/mol. The predicted octanol–water partition coefficient (Wildman–Crippen LogP) is 1.11. The molecule has 3 rings (SSSR count). The van der Waals surface area contributed by atoms with E-state index >= 15 is 0 Å². The summed E-state index contributed by atoms with van der Waals surface area (Å²) in [6, 6.07) is 15.8. The highest BCUT2D eigenvalue weighted by molar-refractivity contribution is 6.34. The molecule has 13 nitrogen and oxygen atoms in total. The van der Waals surface area contributed by atoms with Crippen LogP contribution in [0.4, 0.5) is 0 Å². The molecular formula is C38H55N7O6. The normalized spacial score (nSPS) is 15.7. The molecule has 2 aromatic rings. The van der Waals surface area contributed by atoms with Gasteiger partial charge in [0.1, 0.15) is 6.04 Å². The summed E-state index contributed by atoms with van der Waals surface area (Å²) < 4.78 is 0. The lowest BCUT2D eigenvalue weighted by Gasteiger charge is -2.35. The molecule has 1 aliphatic rings. The van der Waals surface area contributed by atoms with E-state index in [1.807, 2.05) is 74.5 Å². The second-order valence-electron chi connectivity index (χ2n) is 13.8. The van der Waals surface area contributed by atoms with Gasteiger partial charge in [0, 0.05) is 31.5 Å². The number of rotatable bonds is 19. The molecule has 0 spiro atoms. The number of nitrogens with zero attached hydrogens (tertiary/aromatic N) is 1. The van der Waals surface area contributed by atoms with Crippen molar-refractivity contribution in [1.29, 1.82) is 0 Å². The maximum absolute atomic E-state index is 14.0. The number of hydrogen-bond acceptors (Lipinski definition) is 8. The molecule has 278 valence electrons. The number of nitrogens with one attached hydrogen (secondary N) is 3. The Hall–Kier alpha value is -4.62. The van der Waals surface area contributed by atoms with E-state index in [9.17, 15) is 28.8 Å². The summed E-state index contributed by atoms with van der Waals surface area (Å²) in [7, 11) is 0. The van der Waals surface area contributed by atoms with E-state index in [2.05, 4.69) is 16.0 Å². The number of primary amides is 1. The Bertz CT molecular complexity index is 1450. The van der Waals surface area contributed by atoms with Gasteiger partial charge in [0.15, 0.2) is 5.78 Å². The molecule has 13 heteroatoms. The van der Waals surface area contributed by atoms with E-state index in [1.54, 1.807) is 4.90 Å². The molecule has 1 fully saturated rings. The van der Waals surface area contributed by atoms with Crippen molar-refractivity contribution in [3.05, 3.63) is 71.8 Å². The van der Waals surface area contributed by atoms with Gasteiger partial charge in [0.25, 0.3) is 0 Å². The van der Waals surface area contributed by atoms with Crippen molar-refractivity contribution in [1.82, 2.24) is 20.9 Å². The molecular weight excluding hydrogens is 650 g/mol. The second kappa shape index (κ2) is 20.9. The standard InChI is InChI=1S/C38H55N7O6/c1-25(2)21-28(35(48)43-31(15-9-10-18-39)38(51)45-19-16-29(17-20-45)42-37(50)34(41)47)24-33(46)32(23-27-13-7-4-8-14-27)44-36(49)30(40)22-26-11-5-3-6-12-26/h3-8,11-14,25,28-32H,9-10,15-24,39-40H2,1-2H3,(H2,41,47)(H,42,50)(H,43,48)(H,44,49)/t28-,30+,31+,32+/m0/s1. The van der Waals surface area contributed by atoms with Gasteiger partial charge in [0.05, 0.1) is 12.1 Å². The topological polar surface area (TPSA) is 220 Å². The average molecular weight is 706 g/mol. The summed E-state index contributed by atoms with van der Waals surface area (Å²) in [5.41, 5.74) is 18.8. The Morgan fingerprint density at radius 3 is 1.92 bits per heavy atom. The summed E-state index contributed by atoms with van der Waals surface area (Å²) in [5.74, 6) is -4.02. The zero-order valence-corrected chi connectivity index (χ0v) is 29.9. The number of amides is 5. The van der Waals surface area contributed by atoms with Gasteiger partial charge in [-0.25, -0.2) is 0 Å². The van der Waals surface area contributed by atoms with E-state index in [1.165, 1.54) is 0 Å². The molecule has 1 heterocycles. The van der Waals surface area contributed by atoms with Crippen LogP contribution < -0.4 is 33.2 Å². The number of piperidine rings is 1. The van der Waals surface area contributed by atoms with Crippen molar-refractivity contribution in [2.24, 2.45) is 29.0 Å². The Morgan fingerprint density at radius 2 is 1.37 bits per heavy atom. The number of likely N-dealkylation sites (tertiary alicyclic amines) is 1. The maximum Gasteiger partial charge on any atom is 0.309 e. The maximum atomic E-state index is 14.0. The van der Waals surface area contributed by atoms with Crippen LogP contribution >= 0.6 is 0 Å². The van der Waals surface area contributed by atoms with Gasteiger partial charge in [-0.3, -0.25) is 28.8 Å². The first-order valence-electron chi connectivity index (χ1n) is 17.9. The molecule has 9 N–H and O–H groups in total. The molecule has 0 aromatic heterocycles. The predicted molar refractivity (Wildman–Crippen MR) is 195 cm³/mol. The molecule has 2 aromatic carbocycles. The van der Waals surface area contributed by atoms with Gasteiger partial charge >= 0.3 is 11.8 Å². The van der Waals surface area contributed by atoms with Crippen LogP contribution in [0.5, 0.6) is 0 Å². The number of unbranched alkanes of at least 4 members (excludes halogenated alkanes) is 1. The van der Waals surface area contributed by atoms with Crippen LogP contribution in [0.25, 0.3) is 0 Å². The van der Waals surface area contributed by atoms with E-state index in [0.29, 0.717) is 64.6 Å². The number of ketones is 1. The molecule has 0 saturated carbocycles. The average Bonchev–Trinajstić information content (AvgIpc) is 3.11. The van der Waals surface area contributed by atoms with Crippen LogP contribution in [0.3, 0.4) is 0 Å². The van der Waals surface area contributed by atoms with Crippen LogP contribution in [-0.4, -0.2) is 84.0 Å². The van der Waals surface area contributed by atoms with Crippen molar-refractivity contribution >= 4 is 35.3 Å². The highest BCUT2D eigenvalue weighted by Gasteiger charge is 2.34. The lowest BCUT2D eigenvalue weighted by atomic mass is 9.88. The number of carbonyl (C=O) groups excluding carboxylic acids is 6. The van der Waals surface area contributed by atoms with E-state index in [0.717, 1.165) is 11.1 Å². The highest BCUT2D eigenvalue weighted by atomic mass is 16.2. The zero-order chi connectivity index (χ0) is 37.3. The van der Waals surface area contributed by atoms with Crippen LogP contribution in [0.2, 0.25) is 0 Å². The van der Waals surface area contributed by atoms with Crippen molar-refractivity contribution in [3.63, 3.8) is 0 Å². The van der Waals surface area contributed by atoms with Gasteiger partial charge in [-0.1, -0.05) is 74.5 Å². The molecule has 51 heavy (non-hydrogen) atoms. The second-order valence-corrected chi connectivity index (χ2v) is 13.8. The first kappa shape index (κ1) is 40.8. The molecule has 0 aliphatic carbocycles. The van der Waals surface area contributed by atoms with Gasteiger partial charge in [0.2, 0.25) is 17.7 Å². The number of Topliss-reactive ketones (excluding diaryl/α,β-unsaturated/α-hetero) is 1. The molecule has 1 saturated heterocycles. The molecule has 4 atom stereocenters. The van der Waals surface area contributed by atoms with Crippen molar-refractivity contribution in [3.8, 4) is 0 Å². The Labute approximate surface area is 300 Å². The summed E-state index contributed by atoms with van der Waals surface area (Å²) in [6.07, 6.45) is 3.31. The van der Waals surface area contributed by atoms with Crippen LogP contribution in [0.15, 0.2) is 60.7 Å². The zero-order valence-electron chi connectivity index (χ0n) is 29.9. The fraction of sp³-hybridized carbons (Fsp3) is 0.526. The Balaban J connectivity index is 1.74. The van der Waals surface area contributed by atoms with Crippen molar-refractivity contribution < 1.29 is 28.8 Å². The number of nitrogens with two attached hydrogens (primary N) is 3. The summed E-state index contributed by atoms with van der Waals surface area (Å²) in [5, 5.41) is 8.41. The smallest absolute Gasteiger partial charge is 0.309 e. The van der Waals surface area contributed by atoms with Gasteiger partial charge in [-0.05, 0) is 75.0 Å². The third-order valence-corrected chi connectivity index (χ3v) is 9.12. The van der Waals surface area contributed by atoms with Crippen molar-refractivity contribution in [2.45, 2.75) is 95.8 Å². The van der Waals surface area contributed by atoms with Gasteiger partial charge in [-0.2, -0.15) is 0 Å². The first-order valence-corrected chi connectivity index (χ1v) is 17.9. The third kappa shape index (κ3) is 13.9. The third-order valence-electron chi connectivity index (χ3n) is 9.12. The number of carbonyl (C=O) groups is 6. The van der Waals surface area contributed by atoms with E-state index < -0.39 is 47.7 Å². The number of hydrogen-bond donors (Lipinski definition) is 6. The van der Waals surface area contributed by atoms with Crippen LogP contribution in [0.1, 0.15) is 69.9 Å². The Morgan fingerprint density at radius 1 is 0.804 bits per heavy atom. The van der Waals surface area contributed by atoms with Crippen LogP contribution in [-0.2, 0) is 41.6 Å². The molecule has 0 bridgehead atoms. The molecule has 5 amide bonds. The quantitative estimate of drug-likeness (QED) is 0.0916. The number of benzene rings is 2. The summed E-state index contributed by atoms with van der Waals surface area (Å²) in [6.45, 7) is 5.01. The molecule has 1 aliphatic heterocycles. The van der Waals surface area contributed by atoms with Gasteiger partial charge in [-0.15, -0.1) is 0 Å². The van der Waals surface area contributed by atoms with Crippen molar-refractivity contribution in [2.75, 3.05) is 19.6 Å². The fourth-order valence-corrected chi connectivity index (χ4v) is 6.33. The first-order chi connectivity index (χ1) is 24.4.